The first kappa shape index (κ1) is 10.3. The van der Waals surface area contributed by atoms with Crippen LogP contribution in [0.25, 0.3) is 11.0 Å². The molecule has 0 radical (unpaired) electrons. The predicted octanol–water partition coefficient (Wildman–Crippen LogP) is 2.79. The van der Waals surface area contributed by atoms with Gasteiger partial charge in [0, 0.05) is 13.5 Å². The molecular formula is C14H15N3. The molecule has 3 nitrogen and oxygen atoms in total. The van der Waals surface area contributed by atoms with E-state index >= 15 is 0 Å². The summed E-state index contributed by atoms with van der Waals surface area (Å²) in [6, 6.07) is 7.89. The number of aryl methyl sites for hydroxylation is 1. The highest BCUT2D eigenvalue weighted by Crippen LogP contribution is 2.30. The van der Waals surface area contributed by atoms with Crippen LogP contribution < -0.4 is 0 Å². The van der Waals surface area contributed by atoms with E-state index in [1.165, 1.54) is 19.3 Å². The van der Waals surface area contributed by atoms with Gasteiger partial charge in [0.05, 0.1) is 22.7 Å². The summed E-state index contributed by atoms with van der Waals surface area (Å²) in [6.07, 6.45) is 5.12. The van der Waals surface area contributed by atoms with Gasteiger partial charge in [-0.3, -0.25) is 0 Å². The highest BCUT2D eigenvalue weighted by molar-refractivity contribution is 5.77. The van der Waals surface area contributed by atoms with Crippen molar-refractivity contribution in [3.05, 3.63) is 29.6 Å². The number of aromatic nitrogens is 2. The van der Waals surface area contributed by atoms with E-state index in [1.54, 1.807) is 0 Å². The summed E-state index contributed by atoms with van der Waals surface area (Å²) in [4.78, 5) is 4.65. The van der Waals surface area contributed by atoms with Crippen molar-refractivity contribution < 1.29 is 0 Å². The van der Waals surface area contributed by atoms with Crippen molar-refractivity contribution in [1.29, 1.82) is 5.26 Å². The molecule has 2 aromatic rings. The van der Waals surface area contributed by atoms with Gasteiger partial charge in [0.25, 0.3) is 0 Å². The SMILES string of the molecule is Cn1c(CC2CCC2)nc2cc(C#N)ccc21. The summed E-state index contributed by atoms with van der Waals surface area (Å²) in [7, 11) is 2.06. The fourth-order valence-electron chi connectivity index (χ4n) is 2.46. The lowest BCUT2D eigenvalue weighted by Crippen LogP contribution is -2.16. The van der Waals surface area contributed by atoms with E-state index in [1.807, 2.05) is 18.2 Å². The number of fused-ring (bicyclic) bond motifs is 1. The van der Waals surface area contributed by atoms with Crippen LogP contribution in [0.5, 0.6) is 0 Å². The molecule has 0 unspecified atom stereocenters. The number of nitriles is 1. The number of hydrogen-bond donors (Lipinski definition) is 0. The Balaban J connectivity index is 2.01. The van der Waals surface area contributed by atoms with Gasteiger partial charge in [-0.05, 0) is 24.1 Å². The molecule has 0 bridgehead atoms. The molecule has 1 heterocycles. The lowest BCUT2D eigenvalue weighted by atomic mass is 9.83. The second kappa shape index (κ2) is 3.89. The van der Waals surface area contributed by atoms with Gasteiger partial charge in [-0.2, -0.15) is 5.26 Å². The minimum Gasteiger partial charge on any atom is -0.331 e. The van der Waals surface area contributed by atoms with E-state index in [-0.39, 0.29) is 0 Å². The number of benzene rings is 1. The van der Waals surface area contributed by atoms with Crippen molar-refractivity contribution in [1.82, 2.24) is 9.55 Å². The second-order valence-corrected chi connectivity index (χ2v) is 4.90. The van der Waals surface area contributed by atoms with Crippen LogP contribution >= 0.6 is 0 Å². The van der Waals surface area contributed by atoms with Crippen LogP contribution in [-0.2, 0) is 13.5 Å². The molecule has 0 atom stereocenters. The normalized spacial score (nSPS) is 15.8. The van der Waals surface area contributed by atoms with E-state index in [9.17, 15) is 0 Å². The quantitative estimate of drug-likeness (QED) is 0.788. The zero-order chi connectivity index (χ0) is 11.8. The van der Waals surface area contributed by atoms with Crippen LogP contribution in [0.2, 0.25) is 0 Å². The monoisotopic (exact) mass is 225 g/mol. The molecule has 1 aliphatic rings. The van der Waals surface area contributed by atoms with Crippen LogP contribution in [0.1, 0.15) is 30.7 Å². The standard InChI is InChI=1S/C14H15N3/c1-17-13-6-5-11(9-15)7-12(13)16-14(17)8-10-3-2-4-10/h5-7,10H,2-4,8H2,1H3. The molecule has 1 saturated carbocycles. The Hall–Kier alpha value is -1.82. The summed E-state index contributed by atoms with van der Waals surface area (Å²) in [5.74, 6) is 1.97. The van der Waals surface area contributed by atoms with E-state index in [4.69, 9.17) is 5.26 Å². The van der Waals surface area contributed by atoms with Crippen molar-refractivity contribution in [3.8, 4) is 6.07 Å². The molecule has 1 fully saturated rings. The largest absolute Gasteiger partial charge is 0.331 e. The number of rotatable bonds is 2. The summed E-state index contributed by atoms with van der Waals surface area (Å²) in [6.45, 7) is 0. The minimum atomic E-state index is 0.686. The molecule has 1 aliphatic carbocycles. The fourth-order valence-corrected chi connectivity index (χ4v) is 2.46. The molecular weight excluding hydrogens is 210 g/mol. The van der Waals surface area contributed by atoms with Gasteiger partial charge in [0.2, 0.25) is 0 Å². The molecule has 3 rings (SSSR count). The second-order valence-electron chi connectivity index (χ2n) is 4.90. The van der Waals surface area contributed by atoms with E-state index in [0.29, 0.717) is 5.56 Å². The predicted molar refractivity (Wildman–Crippen MR) is 66.5 cm³/mol. The number of nitrogens with zero attached hydrogens (tertiary/aromatic N) is 3. The lowest BCUT2D eigenvalue weighted by molar-refractivity contribution is 0.307. The average molecular weight is 225 g/mol. The van der Waals surface area contributed by atoms with Crippen LogP contribution in [0, 0.1) is 17.2 Å². The fraction of sp³-hybridized carbons (Fsp3) is 0.429. The van der Waals surface area contributed by atoms with Crippen LogP contribution in [0.3, 0.4) is 0 Å². The molecule has 0 saturated heterocycles. The zero-order valence-electron chi connectivity index (χ0n) is 9.98. The third-order valence-corrected chi connectivity index (χ3v) is 3.80. The topological polar surface area (TPSA) is 41.6 Å². The molecule has 0 spiro atoms. The van der Waals surface area contributed by atoms with Crippen LogP contribution in [-0.4, -0.2) is 9.55 Å². The summed E-state index contributed by atoms with van der Waals surface area (Å²) < 4.78 is 2.16. The highest BCUT2D eigenvalue weighted by atomic mass is 15.1. The zero-order valence-corrected chi connectivity index (χ0v) is 9.98. The molecule has 0 N–H and O–H groups in total. The molecule has 1 aromatic carbocycles. The van der Waals surface area contributed by atoms with Gasteiger partial charge in [-0.15, -0.1) is 0 Å². The molecule has 17 heavy (non-hydrogen) atoms. The van der Waals surface area contributed by atoms with Gasteiger partial charge in [0.1, 0.15) is 5.82 Å². The van der Waals surface area contributed by atoms with Crippen LogP contribution in [0.4, 0.5) is 0 Å². The van der Waals surface area contributed by atoms with E-state index in [2.05, 4.69) is 22.7 Å². The van der Waals surface area contributed by atoms with E-state index < -0.39 is 0 Å². The number of imidazole rings is 1. The van der Waals surface area contributed by atoms with Gasteiger partial charge in [-0.25, -0.2) is 4.98 Å². The van der Waals surface area contributed by atoms with Crippen molar-refractivity contribution in [2.24, 2.45) is 13.0 Å². The first-order valence-corrected chi connectivity index (χ1v) is 6.13. The van der Waals surface area contributed by atoms with Gasteiger partial charge in [0.15, 0.2) is 0 Å². The summed E-state index contributed by atoms with van der Waals surface area (Å²) >= 11 is 0. The van der Waals surface area contributed by atoms with Crippen molar-refractivity contribution in [2.45, 2.75) is 25.7 Å². The molecule has 86 valence electrons. The maximum absolute atomic E-state index is 8.88. The maximum atomic E-state index is 8.88. The van der Waals surface area contributed by atoms with Gasteiger partial charge in [-0.1, -0.05) is 19.3 Å². The Morgan fingerprint density at radius 2 is 2.29 bits per heavy atom. The Labute approximate surface area is 101 Å². The Kier molecular flexibility index (Phi) is 2.36. The summed E-state index contributed by atoms with van der Waals surface area (Å²) in [5, 5.41) is 8.88. The first-order valence-electron chi connectivity index (χ1n) is 6.13. The molecule has 3 heteroatoms. The van der Waals surface area contributed by atoms with Crippen molar-refractivity contribution >= 4 is 11.0 Å². The number of hydrogen-bond acceptors (Lipinski definition) is 2. The Morgan fingerprint density at radius 1 is 1.47 bits per heavy atom. The molecule has 0 amide bonds. The van der Waals surface area contributed by atoms with Crippen molar-refractivity contribution in [3.63, 3.8) is 0 Å². The van der Waals surface area contributed by atoms with Crippen molar-refractivity contribution in [2.75, 3.05) is 0 Å². The summed E-state index contributed by atoms with van der Waals surface area (Å²) in [5.41, 5.74) is 2.75. The Bertz CT molecular complexity index is 600. The third-order valence-electron chi connectivity index (χ3n) is 3.80. The maximum Gasteiger partial charge on any atom is 0.109 e. The van der Waals surface area contributed by atoms with E-state index in [0.717, 1.165) is 29.2 Å². The highest BCUT2D eigenvalue weighted by Gasteiger charge is 2.20. The molecule has 1 aromatic heterocycles. The molecule has 0 aliphatic heterocycles. The van der Waals surface area contributed by atoms with Crippen LogP contribution in [0.15, 0.2) is 18.2 Å². The van der Waals surface area contributed by atoms with Gasteiger partial charge >= 0.3 is 0 Å². The lowest BCUT2D eigenvalue weighted by Gasteiger charge is -2.24. The van der Waals surface area contributed by atoms with Gasteiger partial charge < -0.3 is 4.57 Å². The third kappa shape index (κ3) is 1.70. The Morgan fingerprint density at radius 3 is 2.94 bits per heavy atom. The smallest absolute Gasteiger partial charge is 0.109 e. The minimum absolute atomic E-state index is 0.686. The first-order chi connectivity index (χ1) is 8.28. The average Bonchev–Trinajstić information content (AvgIpc) is 2.60.